The van der Waals surface area contributed by atoms with Gasteiger partial charge in [0.05, 0.1) is 11.5 Å². The van der Waals surface area contributed by atoms with Crippen LogP contribution in [0.4, 0.5) is 0 Å². The largest absolute Gasteiger partial charge is 0.457 e. The molecule has 0 saturated carbocycles. The molecule has 0 saturated heterocycles. The van der Waals surface area contributed by atoms with Gasteiger partial charge in [-0.3, -0.25) is 9.59 Å². The van der Waals surface area contributed by atoms with Crippen LogP contribution in [0.5, 0.6) is 0 Å². The highest BCUT2D eigenvalue weighted by Gasteiger charge is 2.16. The summed E-state index contributed by atoms with van der Waals surface area (Å²) in [6.45, 7) is 5.94. The highest BCUT2D eigenvalue weighted by Crippen LogP contribution is 2.02. The van der Waals surface area contributed by atoms with E-state index in [1.165, 1.54) is 6.20 Å². The Labute approximate surface area is 138 Å². The zero-order chi connectivity index (χ0) is 18.1. The first kappa shape index (κ1) is 18.9. The zero-order valence-electron chi connectivity index (χ0n) is 13.3. The van der Waals surface area contributed by atoms with Gasteiger partial charge in [-0.05, 0) is 0 Å². The maximum Gasteiger partial charge on any atom is 0.333 e. The van der Waals surface area contributed by atoms with Gasteiger partial charge < -0.3 is 24.8 Å². The fourth-order valence-corrected chi connectivity index (χ4v) is 1.29. The first-order chi connectivity index (χ1) is 11.3. The first-order valence-electron chi connectivity index (χ1n) is 6.93. The maximum atomic E-state index is 11.5. The predicted molar refractivity (Wildman–Crippen MR) is 80.5 cm³/mol. The molecule has 1 amide bonds. The van der Waals surface area contributed by atoms with Gasteiger partial charge >= 0.3 is 17.9 Å². The number of carbonyl (C=O) groups is 4. The van der Waals surface area contributed by atoms with Gasteiger partial charge in [-0.25, -0.2) is 9.59 Å². The van der Waals surface area contributed by atoms with E-state index >= 15 is 0 Å². The molecule has 24 heavy (non-hydrogen) atoms. The highest BCUT2D eigenvalue weighted by molar-refractivity contribution is 5.96. The summed E-state index contributed by atoms with van der Waals surface area (Å²) in [5.41, 5.74) is 0.187. The Bertz CT molecular complexity index is 605. The molecule has 1 rings (SSSR count). The molecule has 9 nitrogen and oxygen atoms in total. The monoisotopic (exact) mass is 338 g/mol. The van der Waals surface area contributed by atoms with Crippen LogP contribution in [-0.4, -0.2) is 37.2 Å². The topological polar surface area (TPSA) is 120 Å². The fourth-order valence-electron chi connectivity index (χ4n) is 1.29. The van der Waals surface area contributed by atoms with E-state index in [9.17, 15) is 19.2 Å². The Balaban J connectivity index is 2.30. The van der Waals surface area contributed by atoms with Crippen molar-refractivity contribution in [3.8, 4) is 0 Å². The maximum absolute atomic E-state index is 11.5. The van der Waals surface area contributed by atoms with E-state index in [0.717, 1.165) is 12.2 Å². The number of ether oxygens (including phenoxy) is 3. The van der Waals surface area contributed by atoms with Crippen molar-refractivity contribution < 1.29 is 33.4 Å². The molecule has 1 aliphatic rings. The van der Waals surface area contributed by atoms with Gasteiger partial charge in [0, 0.05) is 18.4 Å². The number of nitrogens with one attached hydrogen (secondary N) is 2. The van der Waals surface area contributed by atoms with Crippen LogP contribution in [0.15, 0.2) is 36.3 Å². The second-order valence-electron chi connectivity index (χ2n) is 4.89. The van der Waals surface area contributed by atoms with Gasteiger partial charge in [0.2, 0.25) is 6.79 Å². The van der Waals surface area contributed by atoms with Crippen molar-refractivity contribution >= 4 is 23.8 Å². The fraction of sp³-hybridized carbons (Fsp3) is 0.333. The van der Waals surface area contributed by atoms with Gasteiger partial charge in [-0.15, -0.1) is 0 Å². The predicted octanol–water partition coefficient (Wildman–Crippen LogP) is -0.140. The summed E-state index contributed by atoms with van der Waals surface area (Å²) < 4.78 is 14.0. The number of hydrogen-bond acceptors (Lipinski definition) is 8. The van der Waals surface area contributed by atoms with E-state index in [4.69, 9.17) is 4.74 Å². The van der Waals surface area contributed by atoms with E-state index in [-0.39, 0.29) is 18.1 Å². The van der Waals surface area contributed by atoms with Crippen LogP contribution in [0, 0.1) is 5.92 Å². The third-order valence-electron chi connectivity index (χ3n) is 2.58. The molecule has 0 aromatic heterocycles. The Kier molecular flexibility index (Phi) is 7.21. The number of amides is 1. The molecule has 0 unspecified atom stereocenters. The average molecular weight is 338 g/mol. The van der Waals surface area contributed by atoms with Crippen molar-refractivity contribution in [2.24, 2.45) is 5.92 Å². The minimum atomic E-state index is -0.879. The normalized spacial score (nSPS) is 13.9. The van der Waals surface area contributed by atoms with Gasteiger partial charge in [0.15, 0.2) is 0 Å². The first-order valence-corrected chi connectivity index (χ1v) is 6.93. The van der Waals surface area contributed by atoms with Crippen LogP contribution in [0.1, 0.15) is 13.8 Å². The zero-order valence-corrected chi connectivity index (χ0v) is 13.3. The van der Waals surface area contributed by atoms with E-state index in [2.05, 4.69) is 26.7 Å². The molecule has 0 bridgehead atoms. The molecule has 1 heterocycles. The summed E-state index contributed by atoms with van der Waals surface area (Å²) in [5, 5.41) is 5.07. The standard InChI is InChI=1S/C15H18N2O7/c1-9(2)15(21)24-8-23-13(19)5-4-12(18)22-7-11-6-16-10(3)17-14(11)20/h4-6,9,16H,3,7-8H2,1-2H3,(H,17,20)/b5-4+. The lowest BCUT2D eigenvalue weighted by Gasteiger charge is -2.16. The minimum absolute atomic E-state index is 0.187. The van der Waals surface area contributed by atoms with Crippen LogP contribution < -0.4 is 10.6 Å². The van der Waals surface area contributed by atoms with Crippen molar-refractivity contribution in [2.75, 3.05) is 13.4 Å². The summed E-state index contributed by atoms with van der Waals surface area (Å²) >= 11 is 0. The lowest BCUT2D eigenvalue weighted by molar-refractivity contribution is -0.166. The van der Waals surface area contributed by atoms with Crippen LogP contribution in [0.25, 0.3) is 0 Å². The van der Waals surface area contributed by atoms with Gasteiger partial charge in [0.25, 0.3) is 5.91 Å². The molecule has 0 aromatic rings. The molecule has 9 heteroatoms. The van der Waals surface area contributed by atoms with E-state index < -0.39 is 30.6 Å². The molecule has 2 N–H and O–H groups in total. The Morgan fingerprint density at radius 3 is 2.38 bits per heavy atom. The Morgan fingerprint density at radius 2 is 1.79 bits per heavy atom. The molecular weight excluding hydrogens is 320 g/mol. The smallest absolute Gasteiger partial charge is 0.333 e. The number of rotatable bonds is 7. The molecule has 1 aliphatic heterocycles. The summed E-state index contributed by atoms with van der Waals surface area (Å²) in [5.74, 6) is -2.70. The molecule has 0 aliphatic carbocycles. The SMILES string of the molecule is C=C1NC=C(COC(=O)/C=C/C(=O)OCOC(=O)C(C)C)C(=O)N1. The number of carbonyl (C=O) groups excluding carboxylic acids is 4. The van der Waals surface area contributed by atoms with E-state index in [1.54, 1.807) is 13.8 Å². The lowest BCUT2D eigenvalue weighted by atomic mass is 10.2. The van der Waals surface area contributed by atoms with Crippen molar-refractivity contribution in [1.29, 1.82) is 0 Å². The Hall–Kier alpha value is -3.10. The number of esters is 3. The van der Waals surface area contributed by atoms with E-state index in [0.29, 0.717) is 5.82 Å². The van der Waals surface area contributed by atoms with Crippen molar-refractivity contribution in [1.82, 2.24) is 10.6 Å². The summed E-state index contributed by atoms with van der Waals surface area (Å²) in [6, 6.07) is 0. The third kappa shape index (κ3) is 6.77. The molecule has 0 fully saturated rings. The molecule has 130 valence electrons. The Morgan fingerprint density at radius 1 is 1.17 bits per heavy atom. The highest BCUT2D eigenvalue weighted by atomic mass is 16.7. The summed E-state index contributed by atoms with van der Waals surface area (Å²) in [6.07, 6.45) is 3.01. The van der Waals surface area contributed by atoms with E-state index in [1.807, 2.05) is 0 Å². The quantitative estimate of drug-likeness (QED) is 0.374. The molecule has 0 radical (unpaired) electrons. The van der Waals surface area contributed by atoms with Crippen LogP contribution in [0.2, 0.25) is 0 Å². The van der Waals surface area contributed by atoms with Gasteiger partial charge in [-0.2, -0.15) is 0 Å². The third-order valence-corrected chi connectivity index (χ3v) is 2.58. The molecular formula is C15H18N2O7. The van der Waals surface area contributed by atoms with Gasteiger partial charge in [0.1, 0.15) is 12.4 Å². The summed E-state index contributed by atoms with van der Waals surface area (Å²) in [4.78, 5) is 45.3. The minimum Gasteiger partial charge on any atom is -0.457 e. The second-order valence-corrected chi connectivity index (χ2v) is 4.89. The van der Waals surface area contributed by atoms with Gasteiger partial charge in [-0.1, -0.05) is 20.4 Å². The number of hydrogen-bond donors (Lipinski definition) is 2. The van der Waals surface area contributed by atoms with Crippen molar-refractivity contribution in [3.05, 3.63) is 36.3 Å². The lowest BCUT2D eigenvalue weighted by Crippen LogP contribution is -2.36. The van der Waals surface area contributed by atoms with Crippen molar-refractivity contribution in [3.63, 3.8) is 0 Å². The molecule has 0 spiro atoms. The summed E-state index contributed by atoms with van der Waals surface area (Å²) in [7, 11) is 0. The van der Waals surface area contributed by atoms with Crippen LogP contribution >= 0.6 is 0 Å². The molecule has 0 aromatic carbocycles. The van der Waals surface area contributed by atoms with Crippen LogP contribution in [-0.2, 0) is 33.4 Å². The molecule has 0 atom stereocenters. The second kappa shape index (κ2) is 9.13. The van der Waals surface area contributed by atoms with Crippen LogP contribution in [0.3, 0.4) is 0 Å². The average Bonchev–Trinajstić information content (AvgIpc) is 2.51. The van der Waals surface area contributed by atoms with Crippen molar-refractivity contribution in [2.45, 2.75) is 13.8 Å².